The Morgan fingerprint density at radius 3 is 1.60 bits per heavy atom. The Balaban J connectivity index is -0.000000107. The molecule has 0 atom stereocenters. The molecule has 0 aromatic carbocycles. The SMILES string of the molecule is O=CCCCCCC=O.[H-].[H-].[Mg+2]. The molecule has 0 aromatic rings. The van der Waals surface area contributed by atoms with Crippen molar-refractivity contribution in [2.45, 2.75) is 32.1 Å². The van der Waals surface area contributed by atoms with Crippen molar-refractivity contribution >= 4 is 35.6 Å². The maximum Gasteiger partial charge on any atom is 2.00 e. The Morgan fingerprint density at radius 1 is 0.900 bits per heavy atom. The largest absolute Gasteiger partial charge is 2.00 e. The summed E-state index contributed by atoms with van der Waals surface area (Å²) in [5, 5.41) is 0. The zero-order valence-electron chi connectivity index (χ0n) is 8.21. The number of aldehydes is 2. The summed E-state index contributed by atoms with van der Waals surface area (Å²) in [5.41, 5.74) is 0. The molecule has 0 fully saturated rings. The van der Waals surface area contributed by atoms with Gasteiger partial charge in [0.05, 0.1) is 0 Å². The smallest absolute Gasteiger partial charge is 1.00 e. The van der Waals surface area contributed by atoms with Crippen molar-refractivity contribution in [1.29, 1.82) is 0 Å². The number of hydrogen-bond acceptors (Lipinski definition) is 2. The summed E-state index contributed by atoms with van der Waals surface area (Å²) >= 11 is 0. The molecule has 0 saturated carbocycles. The van der Waals surface area contributed by atoms with Gasteiger partial charge in [-0.25, -0.2) is 0 Å². The Bertz CT molecular complexity index is 81.5. The van der Waals surface area contributed by atoms with Gasteiger partial charge in [-0.05, 0) is 12.8 Å². The molecule has 0 bridgehead atoms. The van der Waals surface area contributed by atoms with Gasteiger partial charge in [0.25, 0.3) is 0 Å². The fourth-order valence-corrected chi connectivity index (χ4v) is 0.632. The maximum absolute atomic E-state index is 9.77. The van der Waals surface area contributed by atoms with Crippen LogP contribution in [0.2, 0.25) is 0 Å². The average molecular weight is 154 g/mol. The van der Waals surface area contributed by atoms with Gasteiger partial charge in [-0.1, -0.05) is 6.42 Å². The van der Waals surface area contributed by atoms with Crippen LogP contribution >= 0.6 is 0 Å². The van der Waals surface area contributed by atoms with Gasteiger partial charge in [-0.15, -0.1) is 0 Å². The summed E-state index contributed by atoms with van der Waals surface area (Å²) in [5.74, 6) is 0. The van der Waals surface area contributed by atoms with Gasteiger partial charge in [-0.3, -0.25) is 0 Å². The average Bonchev–Trinajstić information content (AvgIpc) is 1.89. The molecule has 0 aliphatic rings. The molecule has 0 unspecified atom stereocenters. The van der Waals surface area contributed by atoms with E-state index >= 15 is 0 Å². The monoisotopic (exact) mass is 154 g/mol. The van der Waals surface area contributed by atoms with Crippen LogP contribution in [0.15, 0.2) is 0 Å². The van der Waals surface area contributed by atoms with Crippen LogP contribution in [-0.4, -0.2) is 35.6 Å². The summed E-state index contributed by atoms with van der Waals surface area (Å²) in [6.45, 7) is 0. The minimum atomic E-state index is 0. The molecule has 0 aromatic heterocycles. The Labute approximate surface area is 80.5 Å². The minimum Gasteiger partial charge on any atom is -1.00 e. The van der Waals surface area contributed by atoms with E-state index in [0.29, 0.717) is 12.8 Å². The number of carbonyl (C=O) groups is 2. The maximum atomic E-state index is 9.77. The Morgan fingerprint density at radius 2 is 1.30 bits per heavy atom. The van der Waals surface area contributed by atoms with Crippen LogP contribution in [0.25, 0.3) is 0 Å². The van der Waals surface area contributed by atoms with Gasteiger partial charge in [0.15, 0.2) is 0 Å². The van der Waals surface area contributed by atoms with E-state index in [1.165, 1.54) is 0 Å². The van der Waals surface area contributed by atoms with Crippen molar-refractivity contribution in [3.05, 3.63) is 0 Å². The molecule has 0 saturated heterocycles. The van der Waals surface area contributed by atoms with Crippen molar-refractivity contribution in [1.82, 2.24) is 0 Å². The van der Waals surface area contributed by atoms with E-state index < -0.39 is 0 Å². The molecule has 2 nitrogen and oxygen atoms in total. The van der Waals surface area contributed by atoms with Crippen molar-refractivity contribution < 1.29 is 12.4 Å². The van der Waals surface area contributed by atoms with Crippen LogP contribution in [-0.2, 0) is 9.59 Å². The quantitative estimate of drug-likeness (QED) is 0.327. The zero-order chi connectivity index (χ0) is 6.95. The third kappa shape index (κ3) is 11.0. The summed E-state index contributed by atoms with van der Waals surface area (Å²) in [7, 11) is 0. The van der Waals surface area contributed by atoms with Crippen LogP contribution in [0.3, 0.4) is 0 Å². The molecule has 3 heteroatoms. The second kappa shape index (κ2) is 11.8. The predicted molar refractivity (Wildman–Crippen MR) is 43.2 cm³/mol. The van der Waals surface area contributed by atoms with Crippen LogP contribution in [0.1, 0.15) is 35.0 Å². The normalized spacial score (nSPS) is 8.00. The molecule has 0 aliphatic carbocycles. The molecule has 56 valence electrons. The van der Waals surface area contributed by atoms with Gasteiger partial charge in [0, 0.05) is 12.8 Å². The van der Waals surface area contributed by atoms with E-state index in [2.05, 4.69) is 0 Å². The van der Waals surface area contributed by atoms with E-state index in [0.717, 1.165) is 31.8 Å². The minimum absolute atomic E-state index is 0. The molecule has 0 spiro atoms. The molecule has 0 heterocycles. The van der Waals surface area contributed by atoms with Gasteiger partial charge in [0.2, 0.25) is 0 Å². The standard InChI is InChI=1S/C7H12O2.Mg.2H/c8-6-4-2-1-3-5-7-9;;;/h6-7H,1-5H2;;;/q;+2;2*-1. The number of carbonyl (C=O) groups excluding carboxylic acids is 2. The number of rotatable bonds is 6. The molecule has 10 heavy (non-hydrogen) atoms. The second-order valence-corrected chi connectivity index (χ2v) is 1.97. The van der Waals surface area contributed by atoms with Crippen LogP contribution in [0.5, 0.6) is 0 Å². The van der Waals surface area contributed by atoms with Gasteiger partial charge < -0.3 is 12.4 Å². The summed E-state index contributed by atoms with van der Waals surface area (Å²) in [6.07, 6.45) is 5.96. The summed E-state index contributed by atoms with van der Waals surface area (Å²) < 4.78 is 0. The molecule has 0 N–H and O–H groups in total. The van der Waals surface area contributed by atoms with Crippen LogP contribution < -0.4 is 0 Å². The van der Waals surface area contributed by atoms with Crippen molar-refractivity contribution in [3.8, 4) is 0 Å². The first-order chi connectivity index (χ1) is 4.41. The van der Waals surface area contributed by atoms with Crippen molar-refractivity contribution in [3.63, 3.8) is 0 Å². The Hall–Kier alpha value is 0.106. The topological polar surface area (TPSA) is 34.1 Å². The first-order valence-electron chi connectivity index (χ1n) is 3.29. The number of hydrogen-bond donors (Lipinski definition) is 0. The fraction of sp³-hybridized carbons (Fsp3) is 0.714. The molecule has 0 rings (SSSR count). The Kier molecular flexibility index (Phi) is 15.1. The predicted octanol–water partition coefficient (Wildman–Crippen LogP) is 1.18. The molecular formula is C7H14MgO2. The van der Waals surface area contributed by atoms with Gasteiger partial charge in [-0.2, -0.15) is 0 Å². The third-order valence-electron chi connectivity index (χ3n) is 1.14. The molecule has 0 radical (unpaired) electrons. The number of unbranched alkanes of at least 4 members (excludes halogenated alkanes) is 4. The summed E-state index contributed by atoms with van der Waals surface area (Å²) in [6, 6.07) is 0. The fourth-order valence-electron chi connectivity index (χ4n) is 0.632. The molecular weight excluding hydrogens is 140 g/mol. The van der Waals surface area contributed by atoms with Crippen molar-refractivity contribution in [2.75, 3.05) is 0 Å². The zero-order valence-corrected chi connectivity index (χ0v) is 7.63. The van der Waals surface area contributed by atoms with E-state index in [4.69, 9.17) is 0 Å². The van der Waals surface area contributed by atoms with E-state index in [9.17, 15) is 9.59 Å². The first-order valence-corrected chi connectivity index (χ1v) is 3.29. The molecule has 0 amide bonds. The first kappa shape index (κ1) is 12.8. The van der Waals surface area contributed by atoms with Crippen LogP contribution in [0.4, 0.5) is 0 Å². The summed E-state index contributed by atoms with van der Waals surface area (Å²) in [4.78, 5) is 19.5. The molecule has 0 aliphatic heterocycles. The van der Waals surface area contributed by atoms with E-state index in [1.54, 1.807) is 0 Å². The third-order valence-corrected chi connectivity index (χ3v) is 1.14. The van der Waals surface area contributed by atoms with Crippen LogP contribution in [0, 0.1) is 0 Å². The second-order valence-electron chi connectivity index (χ2n) is 1.97. The van der Waals surface area contributed by atoms with E-state index in [1.807, 2.05) is 0 Å². The van der Waals surface area contributed by atoms with Gasteiger partial charge in [0.1, 0.15) is 12.6 Å². The van der Waals surface area contributed by atoms with E-state index in [-0.39, 0.29) is 25.9 Å². The van der Waals surface area contributed by atoms with Gasteiger partial charge >= 0.3 is 23.1 Å². The van der Waals surface area contributed by atoms with Crippen molar-refractivity contribution in [2.24, 2.45) is 0 Å².